The molecule has 0 heterocycles. The molecule has 0 radical (unpaired) electrons. The number of nitrogen functional groups attached to an aromatic ring is 1. The number of anilines is 1. The number of aromatic carboxylic acids is 1. The van der Waals surface area contributed by atoms with Crippen LogP contribution in [-0.2, 0) is 4.74 Å². The fraction of sp³-hybridized carbons (Fsp3) is 0.417. The number of halogens is 3. The first-order valence-electron chi connectivity index (χ1n) is 5.70. The van der Waals surface area contributed by atoms with Crippen molar-refractivity contribution in [3.63, 3.8) is 0 Å². The van der Waals surface area contributed by atoms with Crippen LogP contribution >= 0.6 is 0 Å². The Bertz CT molecular complexity index is 463. The van der Waals surface area contributed by atoms with E-state index in [1.165, 1.54) is 18.2 Å². The average Bonchev–Trinajstić information content (AvgIpc) is 2.34. The maximum absolute atomic E-state index is 11.8. The number of carbonyl (C=O) groups is 1. The Morgan fingerprint density at radius 1 is 1.30 bits per heavy atom. The number of ether oxygens (including phenoxy) is 2. The second-order valence-corrected chi connectivity index (χ2v) is 3.93. The molecule has 0 aliphatic carbocycles. The van der Waals surface area contributed by atoms with Crippen LogP contribution in [0.5, 0.6) is 5.75 Å². The molecular formula is C12H14F3NO4. The highest BCUT2D eigenvalue weighted by Gasteiger charge is 2.27. The molecule has 112 valence electrons. The molecule has 0 bridgehead atoms. The maximum atomic E-state index is 11.8. The lowest BCUT2D eigenvalue weighted by atomic mass is 10.2. The Hall–Kier alpha value is -1.96. The number of alkyl halides is 3. The predicted molar refractivity (Wildman–Crippen MR) is 64.8 cm³/mol. The molecule has 1 aromatic carbocycles. The van der Waals surface area contributed by atoms with Gasteiger partial charge in [0.2, 0.25) is 0 Å². The Morgan fingerprint density at radius 2 is 2.00 bits per heavy atom. The average molecular weight is 293 g/mol. The van der Waals surface area contributed by atoms with Crippen molar-refractivity contribution in [1.82, 2.24) is 0 Å². The zero-order valence-corrected chi connectivity index (χ0v) is 10.4. The predicted octanol–water partition coefficient (Wildman–Crippen LogP) is 2.31. The Kier molecular flexibility index (Phi) is 5.63. The van der Waals surface area contributed by atoms with Crippen LogP contribution in [0.15, 0.2) is 18.2 Å². The summed E-state index contributed by atoms with van der Waals surface area (Å²) < 4.78 is 44.9. The fourth-order valence-electron chi connectivity index (χ4n) is 1.32. The van der Waals surface area contributed by atoms with E-state index in [1.807, 2.05) is 0 Å². The summed E-state index contributed by atoms with van der Waals surface area (Å²) in [5.74, 6) is -0.941. The van der Waals surface area contributed by atoms with Crippen LogP contribution in [0.1, 0.15) is 16.8 Å². The van der Waals surface area contributed by atoms with Crippen molar-refractivity contribution in [2.75, 3.05) is 25.6 Å². The summed E-state index contributed by atoms with van der Waals surface area (Å²) in [5, 5.41) is 8.80. The van der Waals surface area contributed by atoms with Gasteiger partial charge in [-0.2, -0.15) is 13.2 Å². The topological polar surface area (TPSA) is 81.8 Å². The van der Waals surface area contributed by atoms with Crippen LogP contribution in [0.4, 0.5) is 18.9 Å². The number of hydrogen-bond acceptors (Lipinski definition) is 4. The molecule has 0 aromatic heterocycles. The number of nitrogens with two attached hydrogens (primary N) is 1. The second-order valence-electron chi connectivity index (χ2n) is 3.93. The summed E-state index contributed by atoms with van der Waals surface area (Å²) in [4.78, 5) is 10.8. The number of benzene rings is 1. The van der Waals surface area contributed by atoms with Crippen LogP contribution < -0.4 is 10.5 Å². The Morgan fingerprint density at radius 3 is 2.60 bits per heavy atom. The van der Waals surface area contributed by atoms with Gasteiger partial charge in [0, 0.05) is 6.42 Å². The van der Waals surface area contributed by atoms with E-state index in [1.54, 1.807) is 0 Å². The van der Waals surface area contributed by atoms with E-state index in [2.05, 4.69) is 4.74 Å². The van der Waals surface area contributed by atoms with Crippen molar-refractivity contribution in [1.29, 1.82) is 0 Å². The highest BCUT2D eigenvalue weighted by molar-refractivity contribution is 5.89. The lowest BCUT2D eigenvalue weighted by molar-refractivity contribution is -0.174. The molecular weight excluding hydrogens is 279 g/mol. The van der Waals surface area contributed by atoms with Crippen molar-refractivity contribution < 1.29 is 32.5 Å². The van der Waals surface area contributed by atoms with Gasteiger partial charge >= 0.3 is 12.1 Å². The van der Waals surface area contributed by atoms with Crippen molar-refractivity contribution in [2.45, 2.75) is 12.6 Å². The van der Waals surface area contributed by atoms with E-state index >= 15 is 0 Å². The lowest BCUT2D eigenvalue weighted by Crippen LogP contribution is -2.18. The van der Waals surface area contributed by atoms with Gasteiger partial charge in [0.25, 0.3) is 0 Å². The zero-order chi connectivity index (χ0) is 15.2. The molecule has 1 aromatic rings. The van der Waals surface area contributed by atoms with Gasteiger partial charge in [0.15, 0.2) is 0 Å². The Balaban J connectivity index is 2.35. The van der Waals surface area contributed by atoms with E-state index in [0.29, 0.717) is 0 Å². The Labute approximate surface area is 113 Å². The van der Waals surface area contributed by atoms with Crippen LogP contribution in [0.25, 0.3) is 0 Å². The van der Waals surface area contributed by atoms with Gasteiger partial charge in [-0.1, -0.05) is 0 Å². The zero-order valence-electron chi connectivity index (χ0n) is 10.4. The van der Waals surface area contributed by atoms with E-state index < -0.39 is 18.8 Å². The molecule has 0 spiro atoms. The molecule has 8 heteroatoms. The van der Waals surface area contributed by atoms with Gasteiger partial charge in [0.05, 0.1) is 24.5 Å². The molecule has 0 saturated heterocycles. The molecule has 0 fully saturated rings. The van der Waals surface area contributed by atoms with Gasteiger partial charge in [0.1, 0.15) is 12.4 Å². The largest absolute Gasteiger partial charge is 0.491 e. The molecule has 3 N–H and O–H groups in total. The van der Waals surface area contributed by atoms with Crippen LogP contribution in [-0.4, -0.2) is 37.1 Å². The van der Waals surface area contributed by atoms with Gasteiger partial charge in [-0.3, -0.25) is 0 Å². The molecule has 1 rings (SSSR count). The van der Waals surface area contributed by atoms with Gasteiger partial charge < -0.3 is 20.3 Å². The number of hydrogen-bond donors (Lipinski definition) is 2. The third kappa shape index (κ3) is 5.79. The van der Waals surface area contributed by atoms with Gasteiger partial charge in [-0.25, -0.2) is 4.79 Å². The number of carboxylic acid groups (broad SMARTS) is 1. The second kappa shape index (κ2) is 6.99. The first-order valence-corrected chi connectivity index (χ1v) is 5.70. The van der Waals surface area contributed by atoms with Crippen molar-refractivity contribution >= 4 is 11.7 Å². The van der Waals surface area contributed by atoms with E-state index in [9.17, 15) is 18.0 Å². The standard InChI is InChI=1S/C12H14F3NO4/c13-12(14,15)7-19-4-1-5-20-10-6-8(11(17)18)2-3-9(10)16/h2-3,6H,1,4-5,7,16H2,(H,17,18). The molecule has 0 unspecified atom stereocenters. The summed E-state index contributed by atoms with van der Waals surface area (Å²) in [6, 6.07) is 3.98. The van der Waals surface area contributed by atoms with Crippen molar-refractivity contribution in [2.24, 2.45) is 0 Å². The minimum atomic E-state index is -4.35. The summed E-state index contributed by atoms with van der Waals surface area (Å²) >= 11 is 0. The third-order valence-electron chi connectivity index (χ3n) is 2.22. The minimum Gasteiger partial charge on any atom is -0.491 e. The summed E-state index contributed by atoms with van der Waals surface area (Å²) in [7, 11) is 0. The van der Waals surface area contributed by atoms with E-state index in [0.717, 1.165) is 0 Å². The minimum absolute atomic E-state index is 0.0162. The molecule has 0 aliphatic heterocycles. The highest BCUT2D eigenvalue weighted by Crippen LogP contribution is 2.23. The fourth-order valence-corrected chi connectivity index (χ4v) is 1.32. The van der Waals surface area contributed by atoms with Gasteiger partial charge in [-0.05, 0) is 18.2 Å². The highest BCUT2D eigenvalue weighted by atomic mass is 19.4. The van der Waals surface area contributed by atoms with Crippen LogP contribution in [0.3, 0.4) is 0 Å². The quantitative estimate of drug-likeness (QED) is 0.595. The third-order valence-corrected chi connectivity index (χ3v) is 2.22. The number of carboxylic acids is 1. The molecule has 0 atom stereocenters. The smallest absolute Gasteiger partial charge is 0.411 e. The van der Waals surface area contributed by atoms with Crippen LogP contribution in [0.2, 0.25) is 0 Å². The SMILES string of the molecule is Nc1ccc(C(=O)O)cc1OCCCOCC(F)(F)F. The maximum Gasteiger partial charge on any atom is 0.411 e. The normalized spacial score (nSPS) is 11.3. The summed E-state index contributed by atoms with van der Waals surface area (Å²) in [6.07, 6.45) is -4.12. The van der Waals surface area contributed by atoms with Crippen molar-refractivity contribution in [3.8, 4) is 5.75 Å². The molecule has 0 saturated carbocycles. The lowest BCUT2D eigenvalue weighted by Gasteiger charge is -2.10. The van der Waals surface area contributed by atoms with E-state index in [-0.39, 0.29) is 36.6 Å². The van der Waals surface area contributed by atoms with E-state index in [4.69, 9.17) is 15.6 Å². The first-order chi connectivity index (χ1) is 9.29. The first kappa shape index (κ1) is 16.1. The monoisotopic (exact) mass is 293 g/mol. The molecule has 5 nitrogen and oxygen atoms in total. The molecule has 0 aliphatic rings. The summed E-state index contributed by atoms with van der Waals surface area (Å²) in [5.41, 5.74) is 5.86. The van der Waals surface area contributed by atoms with Crippen molar-refractivity contribution in [3.05, 3.63) is 23.8 Å². The molecule has 0 amide bonds. The van der Waals surface area contributed by atoms with Crippen LogP contribution in [0, 0.1) is 0 Å². The number of rotatable bonds is 7. The summed E-state index contributed by atoms with van der Waals surface area (Å²) in [6.45, 7) is -1.34. The molecule has 20 heavy (non-hydrogen) atoms. The van der Waals surface area contributed by atoms with Gasteiger partial charge in [-0.15, -0.1) is 0 Å².